The molecule has 1 aromatic heterocycles. The lowest BCUT2D eigenvalue weighted by molar-refractivity contribution is -0.138. The molecule has 5 heteroatoms. The standard InChI is InChI=1S/C23H30ClN3O/c1-2-21-25-13-16-27(21)17-18-9-14-26(15-10-18)22(28)23(11-3-4-12-23)19-5-7-20(24)8-6-19/h5-8,13,16,18H,2-4,9-12,14-15,17H2,1H3. The van der Waals surface area contributed by atoms with Gasteiger partial charge in [-0.2, -0.15) is 0 Å². The highest BCUT2D eigenvalue weighted by molar-refractivity contribution is 6.30. The van der Waals surface area contributed by atoms with Gasteiger partial charge in [0.1, 0.15) is 5.82 Å². The van der Waals surface area contributed by atoms with E-state index >= 15 is 0 Å². The molecular weight excluding hydrogens is 370 g/mol. The van der Waals surface area contributed by atoms with Crippen molar-refractivity contribution in [2.75, 3.05) is 13.1 Å². The second kappa shape index (κ2) is 8.28. The van der Waals surface area contributed by atoms with E-state index in [1.165, 1.54) is 0 Å². The summed E-state index contributed by atoms with van der Waals surface area (Å²) in [5.41, 5.74) is 0.810. The van der Waals surface area contributed by atoms with Gasteiger partial charge >= 0.3 is 0 Å². The first-order chi connectivity index (χ1) is 13.6. The average molecular weight is 400 g/mol. The molecule has 2 fully saturated rings. The van der Waals surface area contributed by atoms with Crippen molar-refractivity contribution in [2.24, 2.45) is 5.92 Å². The Labute approximate surface area is 172 Å². The van der Waals surface area contributed by atoms with Crippen molar-refractivity contribution < 1.29 is 4.79 Å². The number of amides is 1. The lowest BCUT2D eigenvalue weighted by atomic mass is 9.77. The van der Waals surface area contributed by atoms with Gasteiger partial charge in [0, 0.05) is 43.5 Å². The number of halogens is 1. The molecule has 0 bridgehead atoms. The van der Waals surface area contributed by atoms with E-state index in [9.17, 15) is 4.79 Å². The summed E-state index contributed by atoms with van der Waals surface area (Å²) >= 11 is 6.09. The summed E-state index contributed by atoms with van der Waals surface area (Å²) in [5.74, 6) is 2.12. The lowest BCUT2D eigenvalue weighted by Crippen LogP contribution is -2.48. The number of hydrogen-bond donors (Lipinski definition) is 0. The van der Waals surface area contributed by atoms with Gasteiger partial charge in [-0.05, 0) is 49.3 Å². The average Bonchev–Trinajstić information content (AvgIpc) is 3.39. The third-order valence-corrected chi connectivity index (χ3v) is 6.99. The van der Waals surface area contributed by atoms with Crippen LogP contribution in [-0.2, 0) is 23.2 Å². The minimum absolute atomic E-state index is 0.336. The number of likely N-dealkylation sites (tertiary alicyclic amines) is 1. The molecular formula is C23H30ClN3O. The first-order valence-electron chi connectivity index (χ1n) is 10.7. The first-order valence-corrected chi connectivity index (χ1v) is 11.1. The van der Waals surface area contributed by atoms with Crippen molar-refractivity contribution in [3.05, 3.63) is 53.1 Å². The number of carbonyl (C=O) groups excluding carboxylic acids is 1. The molecule has 4 nitrogen and oxygen atoms in total. The molecule has 0 atom stereocenters. The van der Waals surface area contributed by atoms with Crippen LogP contribution in [0.2, 0.25) is 5.02 Å². The monoisotopic (exact) mass is 399 g/mol. The summed E-state index contributed by atoms with van der Waals surface area (Å²) in [7, 11) is 0. The van der Waals surface area contributed by atoms with Gasteiger partial charge in [-0.3, -0.25) is 4.79 Å². The molecule has 28 heavy (non-hydrogen) atoms. The normalized spacial score (nSPS) is 19.9. The molecule has 0 unspecified atom stereocenters. The number of rotatable bonds is 5. The number of nitrogens with zero attached hydrogens (tertiary/aromatic N) is 3. The number of carbonyl (C=O) groups is 1. The zero-order valence-electron chi connectivity index (χ0n) is 16.7. The quantitative estimate of drug-likeness (QED) is 0.720. The molecule has 2 aromatic rings. The van der Waals surface area contributed by atoms with E-state index in [0.29, 0.717) is 11.8 Å². The van der Waals surface area contributed by atoms with Gasteiger partial charge in [0.25, 0.3) is 0 Å². The van der Waals surface area contributed by atoms with Crippen LogP contribution in [0.25, 0.3) is 0 Å². The number of imidazole rings is 1. The van der Waals surface area contributed by atoms with Crippen molar-refractivity contribution in [2.45, 2.75) is 63.8 Å². The second-order valence-corrected chi connectivity index (χ2v) is 8.82. The van der Waals surface area contributed by atoms with E-state index in [0.717, 1.165) is 81.0 Å². The highest BCUT2D eigenvalue weighted by Crippen LogP contribution is 2.43. The van der Waals surface area contributed by atoms with E-state index in [1.54, 1.807) is 0 Å². The van der Waals surface area contributed by atoms with Crippen molar-refractivity contribution in [1.82, 2.24) is 14.5 Å². The van der Waals surface area contributed by atoms with E-state index in [1.807, 2.05) is 18.3 Å². The molecule has 1 aromatic carbocycles. The maximum Gasteiger partial charge on any atom is 0.233 e. The van der Waals surface area contributed by atoms with Crippen molar-refractivity contribution in [3.63, 3.8) is 0 Å². The van der Waals surface area contributed by atoms with Crippen LogP contribution in [-0.4, -0.2) is 33.4 Å². The molecule has 1 saturated carbocycles. The van der Waals surface area contributed by atoms with Crippen molar-refractivity contribution in [1.29, 1.82) is 0 Å². The molecule has 0 radical (unpaired) electrons. The molecule has 1 aliphatic carbocycles. The third kappa shape index (κ3) is 3.71. The molecule has 0 N–H and O–H groups in total. The van der Waals surface area contributed by atoms with Crippen LogP contribution in [0.5, 0.6) is 0 Å². The summed E-state index contributed by atoms with van der Waals surface area (Å²) in [5, 5.41) is 0.733. The zero-order valence-corrected chi connectivity index (χ0v) is 17.5. The summed E-state index contributed by atoms with van der Waals surface area (Å²) in [6.07, 6.45) is 11.3. The predicted molar refractivity (Wildman–Crippen MR) is 113 cm³/mol. The fraction of sp³-hybridized carbons (Fsp3) is 0.565. The molecule has 2 aliphatic rings. The van der Waals surface area contributed by atoms with Crippen LogP contribution in [0.4, 0.5) is 0 Å². The van der Waals surface area contributed by atoms with Gasteiger partial charge in [0.15, 0.2) is 0 Å². The van der Waals surface area contributed by atoms with Crippen molar-refractivity contribution >= 4 is 17.5 Å². The minimum Gasteiger partial charge on any atom is -0.342 e. The second-order valence-electron chi connectivity index (χ2n) is 8.38. The molecule has 1 saturated heterocycles. The van der Waals surface area contributed by atoms with Crippen LogP contribution >= 0.6 is 11.6 Å². The van der Waals surface area contributed by atoms with Gasteiger partial charge in [0.05, 0.1) is 5.41 Å². The molecule has 0 spiro atoms. The highest BCUT2D eigenvalue weighted by atomic mass is 35.5. The predicted octanol–water partition coefficient (Wildman–Crippen LogP) is 4.85. The number of hydrogen-bond acceptors (Lipinski definition) is 2. The Bertz CT molecular complexity index is 800. The van der Waals surface area contributed by atoms with Crippen LogP contribution in [0.3, 0.4) is 0 Å². The van der Waals surface area contributed by atoms with Gasteiger partial charge in [-0.15, -0.1) is 0 Å². The number of benzene rings is 1. The van der Waals surface area contributed by atoms with Crippen LogP contribution in [0.1, 0.15) is 56.8 Å². The van der Waals surface area contributed by atoms with E-state index in [4.69, 9.17) is 11.6 Å². The number of piperidine rings is 1. The molecule has 1 aliphatic heterocycles. The Hall–Kier alpha value is -1.81. The van der Waals surface area contributed by atoms with E-state index in [2.05, 4.69) is 39.7 Å². The maximum atomic E-state index is 13.6. The smallest absolute Gasteiger partial charge is 0.233 e. The lowest BCUT2D eigenvalue weighted by Gasteiger charge is -2.39. The SMILES string of the molecule is CCc1nccn1CC1CCN(C(=O)C2(c3ccc(Cl)cc3)CCCC2)CC1. The van der Waals surface area contributed by atoms with Crippen LogP contribution < -0.4 is 0 Å². The highest BCUT2D eigenvalue weighted by Gasteiger charge is 2.45. The summed E-state index contributed by atoms with van der Waals surface area (Å²) < 4.78 is 2.29. The fourth-order valence-electron chi connectivity index (χ4n) is 5.09. The topological polar surface area (TPSA) is 38.1 Å². The molecule has 1 amide bonds. The van der Waals surface area contributed by atoms with E-state index in [-0.39, 0.29) is 5.41 Å². The minimum atomic E-state index is -0.336. The van der Waals surface area contributed by atoms with Crippen LogP contribution in [0, 0.1) is 5.92 Å². The number of aryl methyl sites for hydroxylation is 1. The van der Waals surface area contributed by atoms with Crippen molar-refractivity contribution in [3.8, 4) is 0 Å². The Kier molecular flexibility index (Phi) is 5.77. The fourth-order valence-corrected chi connectivity index (χ4v) is 5.22. The van der Waals surface area contributed by atoms with Gasteiger partial charge in [0.2, 0.25) is 5.91 Å². The molecule has 150 valence electrons. The van der Waals surface area contributed by atoms with Crippen LogP contribution in [0.15, 0.2) is 36.7 Å². The van der Waals surface area contributed by atoms with E-state index < -0.39 is 0 Å². The Morgan fingerprint density at radius 3 is 2.50 bits per heavy atom. The van der Waals surface area contributed by atoms with Gasteiger partial charge in [-0.1, -0.05) is 43.5 Å². The zero-order chi connectivity index (χ0) is 19.6. The third-order valence-electron chi connectivity index (χ3n) is 6.74. The molecule has 4 rings (SSSR count). The number of aromatic nitrogens is 2. The maximum absolute atomic E-state index is 13.6. The summed E-state index contributed by atoms with van der Waals surface area (Å²) in [4.78, 5) is 20.2. The largest absolute Gasteiger partial charge is 0.342 e. The van der Waals surface area contributed by atoms with Gasteiger partial charge < -0.3 is 9.47 Å². The summed E-state index contributed by atoms with van der Waals surface area (Å²) in [6, 6.07) is 7.97. The van der Waals surface area contributed by atoms with Gasteiger partial charge in [-0.25, -0.2) is 4.98 Å². The Balaban J connectivity index is 1.43. The Morgan fingerprint density at radius 1 is 1.18 bits per heavy atom. The summed E-state index contributed by atoms with van der Waals surface area (Å²) in [6.45, 7) is 4.91. The first kappa shape index (κ1) is 19.5. The Morgan fingerprint density at radius 2 is 1.86 bits per heavy atom. The molecule has 2 heterocycles.